The quantitative estimate of drug-likeness (QED) is 0.498. The summed E-state index contributed by atoms with van der Waals surface area (Å²) in [5.74, 6) is -2.27. The van der Waals surface area contributed by atoms with Crippen molar-refractivity contribution in [1.82, 2.24) is 0 Å². The summed E-state index contributed by atoms with van der Waals surface area (Å²) in [7, 11) is 0. The molecule has 0 heterocycles. The summed E-state index contributed by atoms with van der Waals surface area (Å²) in [6.45, 7) is 4.93. The number of hydrogen-bond donors (Lipinski definition) is 2. The number of rotatable bonds is 7. The SMILES string of the molecule is CC(=O)OCC(=O)[C@@]1(O)CC[C@H]2[C@@H]3C[C@H](OC(=O)CCC(=O)O)C4CC(=O)CC[C@]4(C)[C@H]3CC[C@@]21C. The lowest BCUT2D eigenvalue weighted by Crippen LogP contribution is -2.61. The highest BCUT2D eigenvalue weighted by molar-refractivity contribution is 5.91. The van der Waals surface area contributed by atoms with E-state index in [-0.39, 0.29) is 47.7 Å². The zero-order chi connectivity index (χ0) is 26.5. The number of carboxylic acid groups (broad SMARTS) is 1. The molecule has 0 bridgehead atoms. The van der Waals surface area contributed by atoms with E-state index >= 15 is 0 Å². The van der Waals surface area contributed by atoms with Crippen molar-refractivity contribution >= 4 is 29.5 Å². The summed E-state index contributed by atoms with van der Waals surface area (Å²) in [5, 5.41) is 20.6. The van der Waals surface area contributed by atoms with Crippen LogP contribution in [0.3, 0.4) is 0 Å². The van der Waals surface area contributed by atoms with Crippen LogP contribution in [0.15, 0.2) is 0 Å². The third-order valence-electron chi connectivity index (χ3n) is 10.3. The van der Waals surface area contributed by atoms with Gasteiger partial charge >= 0.3 is 17.9 Å². The molecule has 4 aliphatic carbocycles. The molecule has 4 aliphatic rings. The summed E-state index contributed by atoms with van der Waals surface area (Å²) < 4.78 is 10.8. The van der Waals surface area contributed by atoms with Crippen LogP contribution in [-0.4, -0.2) is 58.0 Å². The molecule has 0 radical (unpaired) electrons. The number of esters is 2. The molecular weight excluding hydrogens is 468 g/mol. The van der Waals surface area contributed by atoms with Gasteiger partial charge in [0.25, 0.3) is 0 Å². The minimum Gasteiger partial charge on any atom is -0.481 e. The van der Waals surface area contributed by atoms with E-state index in [9.17, 15) is 29.1 Å². The number of aliphatic carboxylic acids is 1. The molecule has 9 nitrogen and oxygen atoms in total. The predicted molar refractivity (Wildman–Crippen MR) is 125 cm³/mol. The van der Waals surface area contributed by atoms with Crippen molar-refractivity contribution in [1.29, 1.82) is 0 Å². The number of ketones is 2. The van der Waals surface area contributed by atoms with Crippen LogP contribution in [-0.2, 0) is 33.4 Å². The molecule has 8 atom stereocenters. The maximum absolute atomic E-state index is 13.1. The Morgan fingerprint density at radius 3 is 2.36 bits per heavy atom. The number of Topliss-reactive ketones (excluding diaryl/α,β-unsaturated/α-hetero) is 2. The van der Waals surface area contributed by atoms with Gasteiger partial charge in [0, 0.05) is 31.1 Å². The maximum atomic E-state index is 13.1. The summed E-state index contributed by atoms with van der Waals surface area (Å²) in [6, 6.07) is 0. The Morgan fingerprint density at radius 1 is 1.00 bits per heavy atom. The summed E-state index contributed by atoms with van der Waals surface area (Å²) in [6.07, 6.45) is 3.42. The van der Waals surface area contributed by atoms with E-state index in [4.69, 9.17) is 14.6 Å². The molecule has 200 valence electrons. The monoisotopic (exact) mass is 506 g/mol. The Kier molecular flexibility index (Phi) is 7.09. The Labute approximate surface area is 211 Å². The number of carboxylic acids is 1. The van der Waals surface area contributed by atoms with E-state index in [1.165, 1.54) is 6.92 Å². The highest BCUT2D eigenvalue weighted by Gasteiger charge is 2.68. The molecular formula is C27H38O9. The first-order chi connectivity index (χ1) is 16.8. The average Bonchev–Trinajstić information content (AvgIpc) is 3.09. The zero-order valence-corrected chi connectivity index (χ0v) is 21.4. The summed E-state index contributed by atoms with van der Waals surface area (Å²) in [4.78, 5) is 60.3. The fraction of sp³-hybridized carbons (Fsp3) is 0.815. The third-order valence-corrected chi connectivity index (χ3v) is 10.3. The lowest BCUT2D eigenvalue weighted by atomic mass is 9.43. The molecule has 0 aromatic rings. The van der Waals surface area contributed by atoms with Gasteiger partial charge in [-0.05, 0) is 61.7 Å². The molecule has 0 spiro atoms. The first kappa shape index (κ1) is 26.8. The smallest absolute Gasteiger partial charge is 0.306 e. The molecule has 0 aromatic carbocycles. The summed E-state index contributed by atoms with van der Waals surface area (Å²) in [5.41, 5.74) is -2.51. The second kappa shape index (κ2) is 9.54. The van der Waals surface area contributed by atoms with Crippen molar-refractivity contribution in [2.75, 3.05) is 6.61 Å². The van der Waals surface area contributed by atoms with Gasteiger partial charge in [0.1, 0.15) is 17.5 Å². The Bertz CT molecular complexity index is 959. The second-order valence-corrected chi connectivity index (χ2v) is 11.9. The average molecular weight is 507 g/mol. The first-order valence-corrected chi connectivity index (χ1v) is 13.1. The highest BCUT2D eigenvalue weighted by atomic mass is 16.5. The number of carbonyl (C=O) groups excluding carboxylic acids is 4. The van der Waals surface area contributed by atoms with Crippen LogP contribution in [0, 0.1) is 34.5 Å². The van der Waals surface area contributed by atoms with Crippen molar-refractivity contribution in [2.24, 2.45) is 34.5 Å². The van der Waals surface area contributed by atoms with Crippen molar-refractivity contribution < 1.29 is 43.7 Å². The van der Waals surface area contributed by atoms with Gasteiger partial charge < -0.3 is 19.7 Å². The van der Waals surface area contributed by atoms with Crippen LogP contribution in [0.4, 0.5) is 0 Å². The largest absolute Gasteiger partial charge is 0.481 e. The van der Waals surface area contributed by atoms with Crippen LogP contribution in [0.25, 0.3) is 0 Å². The van der Waals surface area contributed by atoms with Crippen LogP contribution in [0.2, 0.25) is 0 Å². The topological polar surface area (TPSA) is 144 Å². The van der Waals surface area contributed by atoms with Gasteiger partial charge in [-0.1, -0.05) is 13.8 Å². The molecule has 0 aliphatic heterocycles. The molecule has 0 saturated heterocycles. The number of ether oxygens (including phenoxy) is 2. The number of fused-ring (bicyclic) bond motifs is 5. The van der Waals surface area contributed by atoms with Crippen LogP contribution in [0.1, 0.15) is 85.0 Å². The van der Waals surface area contributed by atoms with E-state index in [0.717, 1.165) is 6.42 Å². The van der Waals surface area contributed by atoms with E-state index in [1.54, 1.807) is 0 Å². The van der Waals surface area contributed by atoms with Gasteiger partial charge in [0.05, 0.1) is 12.8 Å². The van der Waals surface area contributed by atoms with Crippen LogP contribution < -0.4 is 0 Å². The van der Waals surface area contributed by atoms with E-state index in [2.05, 4.69) is 6.92 Å². The Hall–Kier alpha value is -2.29. The molecule has 4 fully saturated rings. The Morgan fingerprint density at radius 2 is 1.69 bits per heavy atom. The van der Waals surface area contributed by atoms with Crippen molar-refractivity contribution in [2.45, 2.75) is 96.7 Å². The predicted octanol–water partition coefficient (Wildman–Crippen LogP) is 2.85. The molecule has 2 N–H and O–H groups in total. The van der Waals surface area contributed by atoms with Gasteiger partial charge in [-0.2, -0.15) is 0 Å². The van der Waals surface area contributed by atoms with Crippen LogP contribution >= 0.6 is 0 Å². The van der Waals surface area contributed by atoms with Gasteiger partial charge in [0.15, 0.2) is 6.61 Å². The van der Waals surface area contributed by atoms with E-state index < -0.39 is 47.4 Å². The molecule has 9 heteroatoms. The molecule has 4 saturated carbocycles. The molecule has 4 rings (SSSR count). The molecule has 0 aromatic heterocycles. The van der Waals surface area contributed by atoms with Crippen LogP contribution in [0.5, 0.6) is 0 Å². The lowest BCUT2D eigenvalue weighted by molar-refractivity contribution is -0.198. The molecule has 36 heavy (non-hydrogen) atoms. The number of carbonyl (C=O) groups is 5. The van der Waals surface area contributed by atoms with Crippen molar-refractivity contribution in [3.63, 3.8) is 0 Å². The van der Waals surface area contributed by atoms with Gasteiger partial charge in [-0.3, -0.25) is 24.0 Å². The van der Waals surface area contributed by atoms with Gasteiger partial charge in [-0.15, -0.1) is 0 Å². The highest BCUT2D eigenvalue weighted by Crippen LogP contribution is 2.68. The standard InChI is InChI=1S/C27H38O9/c1-15(28)35-14-22(30)27(34)11-8-19-17-13-21(36-24(33)5-4-23(31)32)20-12-16(29)6-9-25(20,2)18(17)7-10-26(19,27)3/h17-21,34H,4-14H2,1-3H3,(H,31,32)/t17-,18+,19+,20?,21+,25-,26+,27+/m1/s1. The lowest BCUT2D eigenvalue weighted by Gasteiger charge is -2.62. The van der Waals surface area contributed by atoms with E-state index in [1.807, 2.05) is 6.92 Å². The Balaban J connectivity index is 1.61. The van der Waals surface area contributed by atoms with Gasteiger partial charge in [-0.25, -0.2) is 0 Å². The molecule has 1 unspecified atom stereocenters. The minimum absolute atomic E-state index is 0.0122. The van der Waals surface area contributed by atoms with Crippen molar-refractivity contribution in [3.8, 4) is 0 Å². The fourth-order valence-electron chi connectivity index (χ4n) is 8.39. The van der Waals surface area contributed by atoms with Crippen molar-refractivity contribution in [3.05, 3.63) is 0 Å². The maximum Gasteiger partial charge on any atom is 0.306 e. The second-order valence-electron chi connectivity index (χ2n) is 11.9. The molecule has 0 amide bonds. The number of aliphatic hydroxyl groups is 1. The normalized spacial score (nSPS) is 41.4. The third kappa shape index (κ3) is 4.37. The minimum atomic E-state index is -1.59. The van der Waals surface area contributed by atoms with E-state index in [0.29, 0.717) is 44.9 Å². The zero-order valence-electron chi connectivity index (χ0n) is 21.4. The fourth-order valence-corrected chi connectivity index (χ4v) is 8.39. The number of hydrogen-bond acceptors (Lipinski definition) is 8. The van der Waals surface area contributed by atoms with Gasteiger partial charge in [0.2, 0.25) is 5.78 Å². The summed E-state index contributed by atoms with van der Waals surface area (Å²) >= 11 is 0. The first-order valence-electron chi connectivity index (χ1n) is 13.1.